The van der Waals surface area contributed by atoms with Gasteiger partial charge in [0.2, 0.25) is 0 Å². The van der Waals surface area contributed by atoms with Gasteiger partial charge in [-0.1, -0.05) is 60.7 Å². The molecule has 2 nitrogen and oxygen atoms in total. The Labute approximate surface area is 135 Å². The maximum atomic E-state index is 12.9. The minimum atomic E-state index is 0.0234. The van der Waals surface area contributed by atoms with Gasteiger partial charge in [-0.2, -0.15) is 0 Å². The van der Waals surface area contributed by atoms with Gasteiger partial charge in [0.15, 0.2) is 11.6 Å². The fourth-order valence-corrected chi connectivity index (χ4v) is 3.57. The van der Waals surface area contributed by atoms with Crippen molar-refractivity contribution >= 4 is 11.6 Å². The standard InChI is InChI=1S/C21H18O2/c22-20(14-7-3-1-4-8-14)18-12-16-11-17(16)13-19(18)21(23)15-9-5-2-6-10-15/h1-10,16-17H,11-13H2. The van der Waals surface area contributed by atoms with Gasteiger partial charge in [-0.15, -0.1) is 0 Å². The normalized spacial score (nSPS) is 22.4. The molecular formula is C21H18O2. The number of Topliss-reactive ketones (excluding diaryl/α,β-unsaturated/α-hetero) is 2. The summed E-state index contributed by atoms with van der Waals surface area (Å²) in [4.78, 5) is 25.8. The molecule has 2 aromatic carbocycles. The van der Waals surface area contributed by atoms with E-state index in [1.54, 1.807) is 0 Å². The van der Waals surface area contributed by atoms with E-state index in [1.807, 2.05) is 60.7 Å². The van der Waals surface area contributed by atoms with Crippen LogP contribution in [0.4, 0.5) is 0 Å². The van der Waals surface area contributed by atoms with Crippen molar-refractivity contribution in [2.45, 2.75) is 19.3 Å². The highest BCUT2D eigenvalue weighted by Crippen LogP contribution is 2.52. The average molecular weight is 302 g/mol. The van der Waals surface area contributed by atoms with Crippen LogP contribution in [0.2, 0.25) is 0 Å². The first kappa shape index (κ1) is 14.1. The van der Waals surface area contributed by atoms with Crippen molar-refractivity contribution in [1.29, 1.82) is 0 Å². The molecule has 0 radical (unpaired) electrons. The Morgan fingerprint density at radius 3 is 1.43 bits per heavy atom. The number of carbonyl (C=O) groups is 2. The molecule has 2 aliphatic carbocycles. The molecule has 2 unspecified atom stereocenters. The molecule has 0 N–H and O–H groups in total. The molecule has 2 heteroatoms. The zero-order valence-corrected chi connectivity index (χ0v) is 12.9. The number of ketones is 2. The van der Waals surface area contributed by atoms with Crippen LogP contribution in [0.3, 0.4) is 0 Å². The largest absolute Gasteiger partial charge is 0.289 e. The summed E-state index contributed by atoms with van der Waals surface area (Å²) in [6.45, 7) is 0. The van der Waals surface area contributed by atoms with Crippen LogP contribution in [0.5, 0.6) is 0 Å². The Balaban J connectivity index is 1.75. The molecule has 114 valence electrons. The van der Waals surface area contributed by atoms with Gasteiger partial charge in [0, 0.05) is 22.3 Å². The van der Waals surface area contributed by atoms with Gasteiger partial charge in [0.25, 0.3) is 0 Å². The van der Waals surface area contributed by atoms with Crippen LogP contribution in [-0.4, -0.2) is 11.6 Å². The topological polar surface area (TPSA) is 34.1 Å². The van der Waals surface area contributed by atoms with Crippen molar-refractivity contribution in [2.24, 2.45) is 11.8 Å². The van der Waals surface area contributed by atoms with Gasteiger partial charge in [0.1, 0.15) is 0 Å². The number of rotatable bonds is 4. The van der Waals surface area contributed by atoms with Crippen LogP contribution < -0.4 is 0 Å². The second-order valence-corrected chi connectivity index (χ2v) is 6.51. The molecule has 1 saturated carbocycles. The third-order valence-corrected chi connectivity index (χ3v) is 4.99. The molecule has 0 saturated heterocycles. The average Bonchev–Trinajstić information content (AvgIpc) is 3.39. The smallest absolute Gasteiger partial charge is 0.189 e. The van der Waals surface area contributed by atoms with Crippen molar-refractivity contribution in [3.63, 3.8) is 0 Å². The second-order valence-electron chi connectivity index (χ2n) is 6.51. The Morgan fingerprint density at radius 1 is 0.652 bits per heavy atom. The van der Waals surface area contributed by atoms with E-state index in [9.17, 15) is 9.59 Å². The van der Waals surface area contributed by atoms with Crippen LogP contribution in [0.15, 0.2) is 71.8 Å². The number of allylic oxidation sites excluding steroid dienone is 2. The van der Waals surface area contributed by atoms with Gasteiger partial charge in [-0.05, 0) is 31.1 Å². The Morgan fingerprint density at radius 2 is 1.04 bits per heavy atom. The number of carbonyl (C=O) groups excluding carboxylic acids is 2. The third kappa shape index (κ3) is 2.65. The molecule has 0 amide bonds. The second kappa shape index (κ2) is 5.62. The number of hydrogen-bond donors (Lipinski definition) is 0. The summed E-state index contributed by atoms with van der Waals surface area (Å²) in [5.74, 6) is 1.25. The Bertz CT molecular complexity index is 720. The fourth-order valence-electron chi connectivity index (χ4n) is 3.57. The van der Waals surface area contributed by atoms with Crippen molar-refractivity contribution < 1.29 is 9.59 Å². The fraction of sp³-hybridized carbons (Fsp3) is 0.238. The van der Waals surface area contributed by atoms with E-state index < -0.39 is 0 Å². The summed E-state index contributed by atoms with van der Waals surface area (Å²) in [6, 6.07) is 18.6. The Hall–Kier alpha value is -2.48. The van der Waals surface area contributed by atoms with E-state index in [0.29, 0.717) is 23.0 Å². The van der Waals surface area contributed by atoms with Crippen LogP contribution in [0, 0.1) is 11.8 Å². The molecule has 4 rings (SSSR count). The van der Waals surface area contributed by atoms with Crippen LogP contribution >= 0.6 is 0 Å². The van der Waals surface area contributed by atoms with E-state index in [1.165, 1.54) is 0 Å². The highest BCUT2D eigenvalue weighted by Gasteiger charge is 2.44. The molecule has 2 atom stereocenters. The Kier molecular flexibility index (Phi) is 3.45. The van der Waals surface area contributed by atoms with Gasteiger partial charge in [0.05, 0.1) is 0 Å². The van der Waals surface area contributed by atoms with Gasteiger partial charge >= 0.3 is 0 Å². The number of fused-ring (bicyclic) bond motifs is 1. The van der Waals surface area contributed by atoms with Crippen molar-refractivity contribution in [2.75, 3.05) is 0 Å². The predicted molar refractivity (Wildman–Crippen MR) is 89.4 cm³/mol. The van der Waals surface area contributed by atoms with Crippen molar-refractivity contribution in [1.82, 2.24) is 0 Å². The SMILES string of the molecule is O=C(C1=C(C(=O)c2ccccc2)CC2CC2C1)c1ccccc1. The zero-order valence-electron chi connectivity index (χ0n) is 12.9. The minimum absolute atomic E-state index is 0.0234. The predicted octanol–water partition coefficient (Wildman–Crippen LogP) is 4.48. The molecular weight excluding hydrogens is 284 g/mol. The highest BCUT2D eigenvalue weighted by atomic mass is 16.1. The summed E-state index contributed by atoms with van der Waals surface area (Å²) >= 11 is 0. The first-order valence-corrected chi connectivity index (χ1v) is 8.15. The van der Waals surface area contributed by atoms with E-state index in [2.05, 4.69) is 0 Å². The summed E-state index contributed by atoms with van der Waals surface area (Å²) in [7, 11) is 0. The lowest BCUT2D eigenvalue weighted by atomic mass is 9.83. The maximum Gasteiger partial charge on any atom is 0.189 e. The van der Waals surface area contributed by atoms with E-state index >= 15 is 0 Å². The summed E-state index contributed by atoms with van der Waals surface area (Å²) in [5.41, 5.74) is 2.84. The zero-order chi connectivity index (χ0) is 15.8. The first-order chi connectivity index (χ1) is 11.2. The third-order valence-electron chi connectivity index (χ3n) is 4.99. The molecule has 0 aliphatic heterocycles. The summed E-state index contributed by atoms with van der Waals surface area (Å²) < 4.78 is 0. The lowest BCUT2D eigenvalue weighted by Gasteiger charge is -2.18. The van der Waals surface area contributed by atoms with Crippen molar-refractivity contribution in [3.05, 3.63) is 82.9 Å². The first-order valence-electron chi connectivity index (χ1n) is 8.15. The minimum Gasteiger partial charge on any atom is -0.289 e. The molecule has 1 fully saturated rings. The van der Waals surface area contributed by atoms with Crippen LogP contribution in [-0.2, 0) is 0 Å². The molecule has 0 aromatic heterocycles. The van der Waals surface area contributed by atoms with Crippen LogP contribution in [0.1, 0.15) is 40.0 Å². The molecule has 23 heavy (non-hydrogen) atoms. The molecule has 2 aliphatic rings. The van der Waals surface area contributed by atoms with Gasteiger partial charge < -0.3 is 0 Å². The molecule has 0 bridgehead atoms. The molecule has 0 heterocycles. The number of hydrogen-bond acceptors (Lipinski definition) is 2. The number of benzene rings is 2. The van der Waals surface area contributed by atoms with Gasteiger partial charge in [-0.3, -0.25) is 9.59 Å². The van der Waals surface area contributed by atoms with Crippen LogP contribution in [0.25, 0.3) is 0 Å². The maximum absolute atomic E-state index is 12.9. The lowest BCUT2D eigenvalue weighted by Crippen LogP contribution is -2.17. The van der Waals surface area contributed by atoms with Gasteiger partial charge in [-0.25, -0.2) is 0 Å². The summed E-state index contributed by atoms with van der Waals surface area (Å²) in [6.07, 6.45) is 2.66. The van der Waals surface area contributed by atoms with E-state index in [0.717, 1.165) is 30.4 Å². The quantitative estimate of drug-likeness (QED) is 0.780. The highest BCUT2D eigenvalue weighted by molar-refractivity contribution is 6.18. The van der Waals surface area contributed by atoms with E-state index in [-0.39, 0.29) is 11.6 Å². The monoisotopic (exact) mass is 302 g/mol. The molecule has 0 spiro atoms. The van der Waals surface area contributed by atoms with E-state index in [4.69, 9.17) is 0 Å². The summed E-state index contributed by atoms with van der Waals surface area (Å²) in [5, 5.41) is 0. The molecule has 2 aromatic rings. The lowest BCUT2D eigenvalue weighted by molar-refractivity contribution is 0.0988. The van der Waals surface area contributed by atoms with Crippen molar-refractivity contribution in [3.8, 4) is 0 Å².